The van der Waals surface area contributed by atoms with Crippen LogP contribution in [0.5, 0.6) is 0 Å². The maximum absolute atomic E-state index is 5.94. The zero-order valence-electron chi connectivity index (χ0n) is 8.58. The smallest absolute Gasteiger partial charge is 0.134 e. The molecule has 0 bridgehead atoms. The third-order valence-corrected chi connectivity index (χ3v) is 2.49. The molecule has 2 nitrogen and oxygen atoms in total. The van der Waals surface area contributed by atoms with E-state index in [0.717, 1.165) is 28.7 Å². The highest BCUT2D eigenvalue weighted by molar-refractivity contribution is 5.82. The number of hydrogen-bond donors (Lipinski definition) is 1. The Kier molecular flexibility index (Phi) is 2.30. The second-order valence-corrected chi connectivity index (χ2v) is 3.58. The number of para-hydroxylation sites is 1. The molecule has 0 saturated heterocycles. The van der Waals surface area contributed by atoms with Crippen molar-refractivity contribution in [1.82, 2.24) is 0 Å². The Labute approximate surface area is 83.7 Å². The van der Waals surface area contributed by atoms with Gasteiger partial charge in [-0.25, -0.2) is 0 Å². The Morgan fingerprint density at radius 1 is 1.36 bits per heavy atom. The van der Waals surface area contributed by atoms with Gasteiger partial charge in [0, 0.05) is 23.4 Å². The molecule has 0 aliphatic carbocycles. The average molecular weight is 189 g/mol. The van der Waals surface area contributed by atoms with Crippen LogP contribution in [0.25, 0.3) is 11.0 Å². The van der Waals surface area contributed by atoms with Crippen LogP contribution < -0.4 is 5.73 Å². The zero-order chi connectivity index (χ0) is 10.1. The standard InChI is InChI=1S/C12H15NO/c1-3-10-12(8(2)13)9-6-4-5-7-11(9)14-10/h4-8H,3,13H2,1-2H3. The number of hydrogen-bond acceptors (Lipinski definition) is 2. The molecule has 0 aliphatic heterocycles. The van der Waals surface area contributed by atoms with Crippen molar-refractivity contribution in [1.29, 1.82) is 0 Å². The monoisotopic (exact) mass is 189 g/mol. The molecule has 0 aliphatic rings. The molecule has 2 aromatic rings. The van der Waals surface area contributed by atoms with E-state index in [1.807, 2.05) is 25.1 Å². The lowest BCUT2D eigenvalue weighted by Crippen LogP contribution is -2.06. The lowest BCUT2D eigenvalue weighted by molar-refractivity contribution is 0.544. The van der Waals surface area contributed by atoms with Gasteiger partial charge in [0.05, 0.1) is 0 Å². The summed E-state index contributed by atoms with van der Waals surface area (Å²) in [5, 5.41) is 1.15. The second kappa shape index (κ2) is 3.46. The summed E-state index contributed by atoms with van der Waals surface area (Å²) in [7, 11) is 0. The van der Waals surface area contributed by atoms with Crippen LogP contribution in [0.1, 0.15) is 31.2 Å². The summed E-state index contributed by atoms with van der Waals surface area (Å²) in [6, 6.07) is 8.09. The van der Waals surface area contributed by atoms with Crippen molar-refractivity contribution < 1.29 is 4.42 Å². The minimum absolute atomic E-state index is 0.0357. The van der Waals surface area contributed by atoms with E-state index in [4.69, 9.17) is 10.2 Å². The number of benzene rings is 1. The first-order chi connectivity index (χ1) is 6.74. The van der Waals surface area contributed by atoms with Crippen LogP contribution in [-0.2, 0) is 6.42 Å². The Morgan fingerprint density at radius 3 is 2.71 bits per heavy atom. The fraction of sp³-hybridized carbons (Fsp3) is 0.333. The first kappa shape index (κ1) is 9.28. The SMILES string of the molecule is CCc1oc2ccccc2c1C(C)N. The minimum atomic E-state index is 0.0357. The predicted molar refractivity (Wildman–Crippen MR) is 58.2 cm³/mol. The second-order valence-electron chi connectivity index (χ2n) is 3.58. The molecular formula is C12H15NO. The zero-order valence-corrected chi connectivity index (χ0v) is 8.58. The van der Waals surface area contributed by atoms with Crippen molar-refractivity contribution >= 4 is 11.0 Å². The van der Waals surface area contributed by atoms with Gasteiger partial charge in [0.1, 0.15) is 11.3 Å². The maximum atomic E-state index is 5.94. The summed E-state index contributed by atoms with van der Waals surface area (Å²) in [6.45, 7) is 4.08. The summed E-state index contributed by atoms with van der Waals surface area (Å²) in [5.41, 5.74) is 8.04. The lowest BCUT2D eigenvalue weighted by atomic mass is 10.0. The van der Waals surface area contributed by atoms with Crippen molar-refractivity contribution in [3.05, 3.63) is 35.6 Å². The number of rotatable bonds is 2. The van der Waals surface area contributed by atoms with Crippen LogP contribution in [0.4, 0.5) is 0 Å². The van der Waals surface area contributed by atoms with Crippen molar-refractivity contribution in [3.63, 3.8) is 0 Å². The topological polar surface area (TPSA) is 39.2 Å². The van der Waals surface area contributed by atoms with E-state index < -0.39 is 0 Å². The van der Waals surface area contributed by atoms with Crippen LogP contribution in [0.2, 0.25) is 0 Å². The molecular weight excluding hydrogens is 174 g/mol. The molecule has 2 rings (SSSR count). The van der Waals surface area contributed by atoms with Gasteiger partial charge in [0.25, 0.3) is 0 Å². The van der Waals surface area contributed by atoms with E-state index in [0.29, 0.717) is 0 Å². The van der Waals surface area contributed by atoms with Gasteiger partial charge < -0.3 is 10.2 Å². The van der Waals surface area contributed by atoms with Gasteiger partial charge in [-0.3, -0.25) is 0 Å². The van der Waals surface area contributed by atoms with E-state index in [2.05, 4.69) is 13.0 Å². The van der Waals surface area contributed by atoms with Gasteiger partial charge in [-0.15, -0.1) is 0 Å². The van der Waals surface area contributed by atoms with Gasteiger partial charge in [0.15, 0.2) is 0 Å². The number of nitrogens with two attached hydrogens (primary N) is 1. The molecule has 2 N–H and O–H groups in total. The fourth-order valence-electron chi connectivity index (χ4n) is 1.88. The summed E-state index contributed by atoms with van der Waals surface area (Å²) < 4.78 is 5.73. The summed E-state index contributed by atoms with van der Waals surface area (Å²) in [5.74, 6) is 1.02. The van der Waals surface area contributed by atoms with Gasteiger partial charge >= 0.3 is 0 Å². The third kappa shape index (κ3) is 1.32. The molecule has 1 atom stereocenters. The Morgan fingerprint density at radius 2 is 2.07 bits per heavy atom. The van der Waals surface area contributed by atoms with Gasteiger partial charge in [-0.2, -0.15) is 0 Å². The first-order valence-electron chi connectivity index (χ1n) is 5.00. The van der Waals surface area contributed by atoms with Crippen molar-refractivity contribution in [2.24, 2.45) is 5.73 Å². The summed E-state index contributed by atoms with van der Waals surface area (Å²) in [6.07, 6.45) is 0.894. The van der Waals surface area contributed by atoms with Crippen LogP contribution in [0.3, 0.4) is 0 Å². The molecule has 1 unspecified atom stereocenters. The van der Waals surface area contributed by atoms with Crippen LogP contribution in [-0.4, -0.2) is 0 Å². The van der Waals surface area contributed by atoms with Gasteiger partial charge in [-0.05, 0) is 13.0 Å². The van der Waals surface area contributed by atoms with E-state index in [9.17, 15) is 0 Å². The molecule has 0 amide bonds. The largest absolute Gasteiger partial charge is 0.461 e. The molecule has 0 radical (unpaired) electrons. The molecule has 0 fully saturated rings. The highest BCUT2D eigenvalue weighted by Crippen LogP contribution is 2.29. The van der Waals surface area contributed by atoms with Gasteiger partial charge in [0.2, 0.25) is 0 Å². The Hall–Kier alpha value is -1.28. The number of furan rings is 1. The van der Waals surface area contributed by atoms with Crippen LogP contribution >= 0.6 is 0 Å². The van der Waals surface area contributed by atoms with Crippen molar-refractivity contribution in [2.45, 2.75) is 26.3 Å². The molecule has 0 spiro atoms. The molecule has 2 heteroatoms. The van der Waals surface area contributed by atoms with Gasteiger partial charge in [-0.1, -0.05) is 25.1 Å². The third-order valence-electron chi connectivity index (χ3n) is 2.49. The quantitative estimate of drug-likeness (QED) is 0.788. The number of aryl methyl sites for hydroxylation is 1. The average Bonchev–Trinajstić information content (AvgIpc) is 2.55. The van der Waals surface area contributed by atoms with E-state index >= 15 is 0 Å². The molecule has 1 aromatic carbocycles. The highest BCUT2D eigenvalue weighted by Gasteiger charge is 2.14. The van der Waals surface area contributed by atoms with Crippen molar-refractivity contribution in [3.8, 4) is 0 Å². The normalized spacial score (nSPS) is 13.4. The number of fused-ring (bicyclic) bond motifs is 1. The highest BCUT2D eigenvalue weighted by atomic mass is 16.3. The Bertz CT molecular complexity index is 443. The molecule has 1 aromatic heterocycles. The van der Waals surface area contributed by atoms with E-state index in [1.165, 1.54) is 0 Å². The van der Waals surface area contributed by atoms with E-state index in [1.54, 1.807) is 0 Å². The first-order valence-corrected chi connectivity index (χ1v) is 5.00. The molecule has 0 saturated carbocycles. The van der Waals surface area contributed by atoms with Crippen LogP contribution in [0.15, 0.2) is 28.7 Å². The van der Waals surface area contributed by atoms with Crippen molar-refractivity contribution in [2.75, 3.05) is 0 Å². The molecule has 1 heterocycles. The molecule has 74 valence electrons. The summed E-state index contributed by atoms with van der Waals surface area (Å²) >= 11 is 0. The summed E-state index contributed by atoms with van der Waals surface area (Å²) in [4.78, 5) is 0. The molecule has 14 heavy (non-hydrogen) atoms. The fourth-order valence-corrected chi connectivity index (χ4v) is 1.88. The minimum Gasteiger partial charge on any atom is -0.461 e. The predicted octanol–water partition coefficient (Wildman–Crippen LogP) is 3.01. The maximum Gasteiger partial charge on any atom is 0.134 e. The van der Waals surface area contributed by atoms with Crippen LogP contribution in [0, 0.1) is 0 Å². The lowest BCUT2D eigenvalue weighted by Gasteiger charge is -2.04. The van der Waals surface area contributed by atoms with E-state index in [-0.39, 0.29) is 6.04 Å². The Balaban J connectivity index is 2.74.